The van der Waals surface area contributed by atoms with Crippen molar-refractivity contribution >= 4 is 23.2 Å². The van der Waals surface area contributed by atoms with Gasteiger partial charge in [-0.2, -0.15) is 0 Å². The Kier molecular flexibility index (Phi) is 6.42. The van der Waals surface area contributed by atoms with Crippen LogP contribution in [0.4, 0.5) is 5.69 Å². The van der Waals surface area contributed by atoms with Gasteiger partial charge >= 0.3 is 0 Å². The molecule has 30 heavy (non-hydrogen) atoms. The first-order valence-corrected chi connectivity index (χ1v) is 9.63. The molecule has 3 aromatic rings. The number of hydrogen-bond acceptors (Lipinski definition) is 4. The van der Waals surface area contributed by atoms with Crippen LogP contribution in [0.1, 0.15) is 63.5 Å². The molecule has 0 aliphatic carbocycles. The van der Waals surface area contributed by atoms with Crippen molar-refractivity contribution in [2.45, 2.75) is 26.9 Å². The van der Waals surface area contributed by atoms with Crippen LogP contribution in [0, 0.1) is 0 Å². The molecule has 0 fully saturated rings. The van der Waals surface area contributed by atoms with Gasteiger partial charge < -0.3 is 10.1 Å². The number of Topliss-reactive ketones (excluding diaryl/α,β-unsaturated/α-hetero) is 2. The third-order valence-corrected chi connectivity index (χ3v) is 4.75. The number of rotatable bonds is 7. The van der Waals surface area contributed by atoms with Crippen molar-refractivity contribution in [2.24, 2.45) is 0 Å². The number of ether oxygens (including phenoxy) is 1. The molecule has 1 atom stereocenters. The summed E-state index contributed by atoms with van der Waals surface area (Å²) in [7, 11) is 0. The number of amides is 1. The maximum absolute atomic E-state index is 12.6. The van der Waals surface area contributed by atoms with E-state index in [9.17, 15) is 14.4 Å². The second-order valence-electron chi connectivity index (χ2n) is 7.05. The minimum atomic E-state index is -0.269. The van der Waals surface area contributed by atoms with Crippen molar-refractivity contribution in [1.29, 1.82) is 0 Å². The summed E-state index contributed by atoms with van der Waals surface area (Å²) in [6.07, 6.45) is -0.247. The molecule has 0 aromatic heterocycles. The van der Waals surface area contributed by atoms with Crippen LogP contribution in [0.15, 0.2) is 72.8 Å². The van der Waals surface area contributed by atoms with Crippen LogP contribution in [-0.4, -0.2) is 17.5 Å². The van der Waals surface area contributed by atoms with Gasteiger partial charge in [0.1, 0.15) is 11.9 Å². The maximum Gasteiger partial charge on any atom is 0.255 e. The number of ketones is 2. The molecule has 152 valence electrons. The normalized spacial score (nSPS) is 11.4. The Hall–Kier alpha value is -3.73. The molecule has 0 bridgehead atoms. The van der Waals surface area contributed by atoms with E-state index in [-0.39, 0.29) is 23.6 Å². The molecule has 3 rings (SSSR count). The van der Waals surface area contributed by atoms with Gasteiger partial charge in [0, 0.05) is 22.4 Å². The highest BCUT2D eigenvalue weighted by Crippen LogP contribution is 2.23. The molecule has 0 aliphatic heterocycles. The highest BCUT2D eigenvalue weighted by atomic mass is 16.5. The minimum absolute atomic E-state index is 0.0183. The largest absolute Gasteiger partial charge is 0.486 e. The highest BCUT2D eigenvalue weighted by Gasteiger charge is 2.12. The number of hydrogen-bond donors (Lipinski definition) is 1. The second-order valence-corrected chi connectivity index (χ2v) is 7.05. The van der Waals surface area contributed by atoms with Crippen LogP contribution in [-0.2, 0) is 0 Å². The van der Waals surface area contributed by atoms with Crippen LogP contribution in [0.2, 0.25) is 0 Å². The Bertz CT molecular complexity index is 1070. The fraction of sp³-hybridized carbons (Fsp3) is 0.160. The lowest BCUT2D eigenvalue weighted by Gasteiger charge is -2.16. The minimum Gasteiger partial charge on any atom is -0.486 e. The van der Waals surface area contributed by atoms with E-state index in [1.54, 1.807) is 60.7 Å². The monoisotopic (exact) mass is 401 g/mol. The molecule has 1 amide bonds. The molecule has 0 aliphatic rings. The van der Waals surface area contributed by atoms with Gasteiger partial charge in [0.15, 0.2) is 11.6 Å². The lowest BCUT2D eigenvalue weighted by molar-refractivity contribution is 0.100. The number of carbonyl (C=O) groups is 3. The SMILES string of the molecule is CC(=O)c1ccc(NC(=O)c2cccc(OC(C)c3ccc(C(C)=O)cc3)c2)cc1. The van der Waals surface area contributed by atoms with E-state index in [0.29, 0.717) is 28.1 Å². The van der Waals surface area contributed by atoms with Gasteiger partial charge in [-0.05, 0) is 68.8 Å². The van der Waals surface area contributed by atoms with E-state index in [4.69, 9.17) is 4.74 Å². The lowest BCUT2D eigenvalue weighted by Crippen LogP contribution is -2.12. The van der Waals surface area contributed by atoms with E-state index < -0.39 is 0 Å². The molecule has 0 saturated carbocycles. The van der Waals surface area contributed by atoms with E-state index in [2.05, 4.69) is 5.32 Å². The van der Waals surface area contributed by atoms with Crippen molar-refractivity contribution in [3.63, 3.8) is 0 Å². The van der Waals surface area contributed by atoms with Crippen LogP contribution < -0.4 is 10.1 Å². The molecule has 0 heterocycles. The fourth-order valence-electron chi connectivity index (χ4n) is 2.96. The number of anilines is 1. The van der Waals surface area contributed by atoms with Gasteiger partial charge in [-0.1, -0.05) is 30.3 Å². The molecule has 0 saturated heterocycles. The Balaban J connectivity index is 1.68. The van der Waals surface area contributed by atoms with Crippen molar-refractivity contribution in [3.8, 4) is 5.75 Å². The van der Waals surface area contributed by atoms with Crippen molar-refractivity contribution in [3.05, 3.63) is 95.1 Å². The molecule has 0 spiro atoms. The van der Waals surface area contributed by atoms with E-state index in [0.717, 1.165) is 5.56 Å². The first-order chi connectivity index (χ1) is 14.3. The van der Waals surface area contributed by atoms with E-state index in [1.165, 1.54) is 13.8 Å². The first kappa shape index (κ1) is 21.0. The van der Waals surface area contributed by atoms with Crippen LogP contribution in [0.25, 0.3) is 0 Å². The average Bonchev–Trinajstić information content (AvgIpc) is 2.74. The van der Waals surface area contributed by atoms with Gasteiger partial charge in [-0.25, -0.2) is 0 Å². The summed E-state index contributed by atoms with van der Waals surface area (Å²) in [6.45, 7) is 4.94. The van der Waals surface area contributed by atoms with Crippen LogP contribution in [0.5, 0.6) is 5.75 Å². The molecule has 0 radical (unpaired) electrons. The van der Waals surface area contributed by atoms with Gasteiger partial charge in [0.2, 0.25) is 0 Å². The molecule has 1 N–H and O–H groups in total. The zero-order valence-electron chi connectivity index (χ0n) is 17.1. The maximum atomic E-state index is 12.6. The number of carbonyl (C=O) groups excluding carboxylic acids is 3. The Morgan fingerprint density at radius 2 is 1.33 bits per heavy atom. The molecule has 5 nitrogen and oxygen atoms in total. The van der Waals surface area contributed by atoms with Gasteiger partial charge in [0.25, 0.3) is 5.91 Å². The zero-order chi connectivity index (χ0) is 21.7. The number of benzene rings is 3. The topological polar surface area (TPSA) is 72.5 Å². The number of nitrogens with one attached hydrogen (secondary N) is 1. The van der Waals surface area contributed by atoms with Gasteiger partial charge in [-0.15, -0.1) is 0 Å². The van der Waals surface area contributed by atoms with Crippen LogP contribution in [0.3, 0.4) is 0 Å². The van der Waals surface area contributed by atoms with Crippen LogP contribution >= 0.6 is 0 Å². The molecule has 3 aromatic carbocycles. The molecule has 1 unspecified atom stereocenters. The van der Waals surface area contributed by atoms with E-state index in [1.807, 2.05) is 19.1 Å². The highest BCUT2D eigenvalue weighted by molar-refractivity contribution is 6.04. The van der Waals surface area contributed by atoms with Crippen molar-refractivity contribution < 1.29 is 19.1 Å². The summed E-state index contributed by atoms with van der Waals surface area (Å²) in [6, 6.07) is 21.0. The summed E-state index contributed by atoms with van der Waals surface area (Å²) in [4.78, 5) is 35.3. The molecule has 5 heteroatoms. The fourth-order valence-corrected chi connectivity index (χ4v) is 2.96. The second kappa shape index (κ2) is 9.18. The third kappa shape index (κ3) is 5.20. The summed E-state index contributed by atoms with van der Waals surface area (Å²) < 4.78 is 5.98. The average molecular weight is 401 g/mol. The summed E-state index contributed by atoms with van der Waals surface area (Å²) in [5, 5.41) is 2.82. The van der Waals surface area contributed by atoms with E-state index >= 15 is 0 Å². The van der Waals surface area contributed by atoms with Gasteiger partial charge in [0.05, 0.1) is 0 Å². The lowest BCUT2D eigenvalue weighted by atomic mass is 10.1. The summed E-state index contributed by atoms with van der Waals surface area (Å²) >= 11 is 0. The standard InChI is InChI=1S/C25H23NO4/c1-16(27)19-7-9-21(10-8-19)18(3)30-24-6-4-5-22(15-24)25(29)26-23-13-11-20(12-14-23)17(2)28/h4-15,18H,1-3H3,(H,26,29). The molecular weight excluding hydrogens is 378 g/mol. The quantitative estimate of drug-likeness (QED) is 0.532. The van der Waals surface area contributed by atoms with Crippen molar-refractivity contribution in [1.82, 2.24) is 0 Å². The smallest absolute Gasteiger partial charge is 0.255 e. The zero-order valence-corrected chi connectivity index (χ0v) is 17.1. The third-order valence-electron chi connectivity index (χ3n) is 4.75. The Morgan fingerprint density at radius 3 is 1.90 bits per heavy atom. The van der Waals surface area contributed by atoms with Gasteiger partial charge in [-0.3, -0.25) is 14.4 Å². The summed E-state index contributed by atoms with van der Waals surface area (Å²) in [5.74, 6) is 0.291. The molecular formula is C25H23NO4. The summed E-state index contributed by atoms with van der Waals surface area (Å²) in [5.41, 5.74) is 3.24. The first-order valence-electron chi connectivity index (χ1n) is 9.63. The Labute approximate surface area is 175 Å². The Morgan fingerprint density at radius 1 is 0.767 bits per heavy atom. The predicted octanol–water partition coefficient (Wildman–Crippen LogP) is 5.48. The predicted molar refractivity (Wildman–Crippen MR) is 116 cm³/mol. The van der Waals surface area contributed by atoms with Crippen molar-refractivity contribution in [2.75, 3.05) is 5.32 Å².